The average Bonchev–Trinajstić information content (AvgIpc) is 2.83. The fraction of sp³-hybridized carbons (Fsp3) is 0. The number of benzene rings is 6. The number of fused-ring (bicyclic) bond motifs is 4. The van der Waals surface area contributed by atoms with E-state index in [1.165, 1.54) is 49.0 Å². The molecule has 0 amide bonds. The van der Waals surface area contributed by atoms with Crippen LogP contribution in [0, 0.1) is 0 Å². The zero-order valence-electron chi connectivity index (χ0n) is 16.8. The third-order valence-electron chi connectivity index (χ3n) is 6.11. The molecule has 6 rings (SSSR count). The third-order valence-corrected chi connectivity index (χ3v) is 6.44. The van der Waals surface area contributed by atoms with Gasteiger partial charge < -0.3 is 0 Å². The third kappa shape index (κ3) is 3.08. The first-order chi connectivity index (χ1) is 15.3. The van der Waals surface area contributed by atoms with Crippen molar-refractivity contribution in [2.75, 3.05) is 0 Å². The molecule has 0 aliphatic heterocycles. The van der Waals surface area contributed by atoms with Crippen LogP contribution in [0.1, 0.15) is 0 Å². The molecule has 0 spiro atoms. The van der Waals surface area contributed by atoms with Crippen molar-refractivity contribution >= 4 is 43.9 Å². The van der Waals surface area contributed by atoms with Gasteiger partial charge in [0.15, 0.2) is 0 Å². The molecule has 0 N–H and O–H groups in total. The first kappa shape index (κ1) is 18.2. The molecule has 146 valence electrons. The summed E-state index contributed by atoms with van der Waals surface area (Å²) in [4.78, 5) is 0. The summed E-state index contributed by atoms with van der Waals surface area (Å²) in [5.41, 5.74) is 4.69. The van der Waals surface area contributed by atoms with Gasteiger partial charge >= 0.3 is 0 Å². The van der Waals surface area contributed by atoms with Gasteiger partial charge in [-0.2, -0.15) is 0 Å². The van der Waals surface area contributed by atoms with E-state index in [9.17, 15) is 0 Å². The van der Waals surface area contributed by atoms with Crippen molar-refractivity contribution < 1.29 is 0 Å². The highest BCUT2D eigenvalue weighted by atomic mass is 35.5. The Morgan fingerprint density at radius 1 is 0.387 bits per heavy atom. The number of hydrogen-bond acceptors (Lipinski definition) is 0. The van der Waals surface area contributed by atoms with Crippen molar-refractivity contribution in [1.82, 2.24) is 0 Å². The second-order valence-electron chi connectivity index (χ2n) is 7.95. The minimum Gasteiger partial charge on any atom is -0.0837 e. The van der Waals surface area contributed by atoms with E-state index in [0.29, 0.717) is 0 Å². The first-order valence-electron chi connectivity index (χ1n) is 10.5. The minimum atomic E-state index is 0.776. The summed E-state index contributed by atoms with van der Waals surface area (Å²) in [6.45, 7) is 0. The molecular formula is C30H19Cl. The zero-order chi connectivity index (χ0) is 20.8. The van der Waals surface area contributed by atoms with Crippen LogP contribution in [0.3, 0.4) is 0 Å². The smallest absolute Gasteiger partial charge is 0.0484 e. The average molecular weight is 415 g/mol. The molecule has 0 atom stereocenters. The fourth-order valence-corrected chi connectivity index (χ4v) is 4.80. The van der Waals surface area contributed by atoms with Crippen molar-refractivity contribution in [3.05, 3.63) is 120 Å². The van der Waals surface area contributed by atoms with Gasteiger partial charge in [-0.05, 0) is 73.3 Å². The van der Waals surface area contributed by atoms with E-state index < -0.39 is 0 Å². The lowest BCUT2D eigenvalue weighted by atomic mass is 9.91. The minimum absolute atomic E-state index is 0.776. The van der Waals surface area contributed by atoms with Gasteiger partial charge in [0.05, 0.1) is 0 Å². The normalized spacial score (nSPS) is 11.4. The Balaban J connectivity index is 1.62. The lowest BCUT2D eigenvalue weighted by molar-refractivity contribution is 1.65. The molecule has 0 heterocycles. The number of hydrogen-bond donors (Lipinski definition) is 0. The molecule has 0 aliphatic carbocycles. The zero-order valence-corrected chi connectivity index (χ0v) is 17.6. The van der Waals surface area contributed by atoms with Gasteiger partial charge in [-0.3, -0.25) is 0 Å². The molecule has 0 saturated carbocycles. The van der Waals surface area contributed by atoms with Gasteiger partial charge in [0.25, 0.3) is 0 Å². The maximum absolute atomic E-state index is 6.59. The second-order valence-corrected chi connectivity index (χ2v) is 8.35. The molecule has 1 heteroatoms. The Labute approximate surface area is 186 Å². The van der Waals surface area contributed by atoms with Crippen molar-refractivity contribution in [2.45, 2.75) is 0 Å². The molecule has 0 aromatic heterocycles. The Kier molecular flexibility index (Phi) is 4.26. The molecule has 0 aliphatic rings. The van der Waals surface area contributed by atoms with Crippen molar-refractivity contribution in [3.63, 3.8) is 0 Å². The van der Waals surface area contributed by atoms with Crippen LogP contribution in [0.2, 0.25) is 5.02 Å². The first-order valence-corrected chi connectivity index (χ1v) is 10.9. The van der Waals surface area contributed by atoms with Crippen LogP contribution >= 0.6 is 11.6 Å². The number of halogens is 1. The van der Waals surface area contributed by atoms with E-state index in [2.05, 4.69) is 97.1 Å². The van der Waals surface area contributed by atoms with E-state index in [1.807, 2.05) is 18.2 Å². The Morgan fingerprint density at radius 2 is 1.03 bits per heavy atom. The molecule has 0 fully saturated rings. The summed E-state index contributed by atoms with van der Waals surface area (Å²) in [5, 5.41) is 8.25. The Morgan fingerprint density at radius 3 is 1.87 bits per heavy atom. The molecule has 6 aromatic carbocycles. The fourth-order valence-electron chi connectivity index (χ4n) is 4.56. The highest BCUT2D eigenvalue weighted by Gasteiger charge is 2.11. The van der Waals surface area contributed by atoms with Crippen molar-refractivity contribution in [1.29, 1.82) is 0 Å². The van der Waals surface area contributed by atoms with E-state index in [0.717, 1.165) is 10.6 Å². The molecule has 0 unspecified atom stereocenters. The van der Waals surface area contributed by atoms with Crippen LogP contribution < -0.4 is 0 Å². The van der Waals surface area contributed by atoms with Gasteiger partial charge in [0.2, 0.25) is 0 Å². The lowest BCUT2D eigenvalue weighted by Gasteiger charge is -2.13. The summed E-state index contributed by atoms with van der Waals surface area (Å²) in [6.07, 6.45) is 0. The van der Waals surface area contributed by atoms with Crippen molar-refractivity contribution in [2.24, 2.45) is 0 Å². The SMILES string of the molecule is Clc1ccccc1-c1cc2cc(-c3ccc4ccccc4c3)ccc2c2ccccc12. The molecule has 0 bridgehead atoms. The topological polar surface area (TPSA) is 0 Å². The molecule has 6 aromatic rings. The monoisotopic (exact) mass is 414 g/mol. The van der Waals surface area contributed by atoms with Crippen LogP contribution in [-0.2, 0) is 0 Å². The Bertz CT molecular complexity index is 1590. The van der Waals surface area contributed by atoms with Crippen LogP contribution in [0.25, 0.3) is 54.6 Å². The Hall–Kier alpha value is -3.61. The van der Waals surface area contributed by atoms with Gasteiger partial charge in [0, 0.05) is 10.6 Å². The van der Waals surface area contributed by atoms with E-state index in [4.69, 9.17) is 11.6 Å². The highest BCUT2D eigenvalue weighted by molar-refractivity contribution is 6.34. The maximum Gasteiger partial charge on any atom is 0.0484 e. The molecule has 0 radical (unpaired) electrons. The summed E-state index contributed by atoms with van der Waals surface area (Å²) in [6, 6.07) is 40.9. The molecule has 0 saturated heterocycles. The van der Waals surface area contributed by atoms with Gasteiger partial charge in [-0.15, -0.1) is 0 Å². The van der Waals surface area contributed by atoms with Crippen LogP contribution in [-0.4, -0.2) is 0 Å². The van der Waals surface area contributed by atoms with Crippen LogP contribution in [0.15, 0.2) is 115 Å². The maximum atomic E-state index is 6.59. The van der Waals surface area contributed by atoms with Crippen LogP contribution in [0.5, 0.6) is 0 Å². The van der Waals surface area contributed by atoms with Gasteiger partial charge in [-0.1, -0.05) is 103 Å². The predicted molar refractivity (Wildman–Crippen MR) is 135 cm³/mol. The predicted octanol–water partition coefficient (Wildman–Crippen LogP) is 9.13. The molecule has 0 nitrogen and oxygen atoms in total. The van der Waals surface area contributed by atoms with E-state index in [-0.39, 0.29) is 0 Å². The van der Waals surface area contributed by atoms with E-state index >= 15 is 0 Å². The lowest BCUT2D eigenvalue weighted by Crippen LogP contribution is -1.87. The summed E-state index contributed by atoms with van der Waals surface area (Å²) in [5.74, 6) is 0. The summed E-state index contributed by atoms with van der Waals surface area (Å²) in [7, 11) is 0. The summed E-state index contributed by atoms with van der Waals surface area (Å²) < 4.78 is 0. The van der Waals surface area contributed by atoms with E-state index in [1.54, 1.807) is 0 Å². The molecular weight excluding hydrogens is 396 g/mol. The number of rotatable bonds is 2. The second kappa shape index (κ2) is 7.27. The van der Waals surface area contributed by atoms with Gasteiger partial charge in [-0.25, -0.2) is 0 Å². The summed E-state index contributed by atoms with van der Waals surface area (Å²) >= 11 is 6.59. The quantitative estimate of drug-likeness (QED) is 0.248. The van der Waals surface area contributed by atoms with Gasteiger partial charge in [0.1, 0.15) is 0 Å². The largest absolute Gasteiger partial charge is 0.0837 e. The standard InChI is InChI=1S/C30H19Cl/c31-30-12-6-5-11-28(30)29-19-24-18-23(15-16-25(24)26-9-3-4-10-27(26)29)22-14-13-20-7-1-2-8-21(20)17-22/h1-19H. The highest BCUT2D eigenvalue weighted by Crippen LogP contribution is 2.39. The van der Waals surface area contributed by atoms with Crippen LogP contribution in [0.4, 0.5) is 0 Å². The molecule has 31 heavy (non-hydrogen) atoms. The van der Waals surface area contributed by atoms with Crippen molar-refractivity contribution in [3.8, 4) is 22.3 Å².